The number of carboxylic acids is 1. The second-order valence-corrected chi connectivity index (χ2v) is 6.37. The Morgan fingerprint density at radius 1 is 1.04 bits per heavy atom. The molecule has 0 radical (unpaired) electrons. The fourth-order valence-electron chi connectivity index (χ4n) is 1.75. The van der Waals surface area contributed by atoms with Gasteiger partial charge in [-0.2, -0.15) is 21.6 Å². The summed E-state index contributed by atoms with van der Waals surface area (Å²) in [4.78, 5) is 21.0. The lowest BCUT2D eigenvalue weighted by atomic mass is 10.2. The minimum Gasteiger partial charge on any atom is -0.478 e. The van der Waals surface area contributed by atoms with Gasteiger partial charge in [0.1, 0.15) is 17.2 Å². The summed E-state index contributed by atoms with van der Waals surface area (Å²) < 4.78 is 68.5. The molecule has 2 aromatic rings. The van der Waals surface area contributed by atoms with Gasteiger partial charge in [-0.15, -0.1) is 0 Å². The largest absolute Gasteiger partial charge is 0.534 e. The summed E-state index contributed by atoms with van der Waals surface area (Å²) in [6, 6.07) is 6.63. The maximum absolute atomic E-state index is 12.4. The number of hydrogen-bond donors (Lipinski definition) is 1. The molecule has 1 N–H and O–H groups in total. The van der Waals surface area contributed by atoms with Crippen LogP contribution < -0.4 is 8.92 Å². The van der Waals surface area contributed by atoms with Gasteiger partial charge in [0.05, 0.1) is 10.5 Å². The van der Waals surface area contributed by atoms with Crippen LogP contribution in [0, 0.1) is 10.1 Å². The lowest BCUT2D eigenvalue weighted by Gasteiger charge is -2.12. The molecule has 0 aliphatic heterocycles. The van der Waals surface area contributed by atoms with Crippen LogP contribution in [0.15, 0.2) is 42.5 Å². The van der Waals surface area contributed by atoms with Gasteiger partial charge in [0.2, 0.25) is 0 Å². The number of carboxylic acid groups (broad SMARTS) is 1. The maximum Gasteiger partial charge on any atom is 0.534 e. The van der Waals surface area contributed by atoms with Crippen LogP contribution in [0.2, 0.25) is 0 Å². The average Bonchev–Trinajstić information content (AvgIpc) is 2.53. The molecule has 144 valence electrons. The standard InChI is InChI=1S/C14H8F3NO8S/c15-14(16,17)27(23,24)26-12-6-8(13(19)20)5-11(7-12)25-10-3-1-9(2-4-10)18(21)22/h1-7H,(H,19,20). The molecule has 0 saturated heterocycles. The number of nitrogens with zero attached hydrogens (tertiary/aromatic N) is 1. The van der Waals surface area contributed by atoms with E-state index in [1.165, 1.54) is 0 Å². The van der Waals surface area contributed by atoms with Gasteiger partial charge >= 0.3 is 21.6 Å². The zero-order valence-corrected chi connectivity index (χ0v) is 13.7. The van der Waals surface area contributed by atoms with Crippen molar-refractivity contribution in [3.8, 4) is 17.2 Å². The number of ether oxygens (including phenoxy) is 1. The van der Waals surface area contributed by atoms with E-state index >= 15 is 0 Å². The summed E-state index contributed by atoms with van der Waals surface area (Å²) in [6.45, 7) is 0. The van der Waals surface area contributed by atoms with Gasteiger partial charge in [-0.05, 0) is 24.3 Å². The highest BCUT2D eigenvalue weighted by molar-refractivity contribution is 7.88. The van der Waals surface area contributed by atoms with Crippen molar-refractivity contribution in [3.05, 3.63) is 58.1 Å². The third-order valence-corrected chi connectivity index (χ3v) is 3.88. The lowest BCUT2D eigenvalue weighted by molar-refractivity contribution is -0.384. The van der Waals surface area contributed by atoms with Crippen molar-refractivity contribution in [2.75, 3.05) is 0 Å². The summed E-state index contributed by atoms with van der Waals surface area (Å²) in [5.74, 6) is -2.91. The lowest BCUT2D eigenvalue weighted by Crippen LogP contribution is -2.28. The van der Waals surface area contributed by atoms with Crippen LogP contribution >= 0.6 is 0 Å². The van der Waals surface area contributed by atoms with Crippen molar-refractivity contribution in [1.82, 2.24) is 0 Å². The van der Waals surface area contributed by atoms with Crippen molar-refractivity contribution in [3.63, 3.8) is 0 Å². The van der Waals surface area contributed by atoms with Crippen LogP contribution in [0.4, 0.5) is 18.9 Å². The minimum atomic E-state index is -6.02. The van der Waals surface area contributed by atoms with Crippen molar-refractivity contribution >= 4 is 21.8 Å². The van der Waals surface area contributed by atoms with Gasteiger partial charge < -0.3 is 14.0 Å². The molecule has 0 aliphatic carbocycles. The summed E-state index contributed by atoms with van der Waals surface area (Å²) >= 11 is 0. The quantitative estimate of drug-likeness (QED) is 0.334. The van der Waals surface area contributed by atoms with Crippen molar-refractivity contribution in [2.24, 2.45) is 0 Å². The van der Waals surface area contributed by atoms with Crippen LogP contribution in [0.25, 0.3) is 0 Å². The van der Waals surface area contributed by atoms with E-state index in [1.54, 1.807) is 0 Å². The predicted molar refractivity (Wildman–Crippen MR) is 82.2 cm³/mol. The fourth-order valence-corrected chi connectivity index (χ4v) is 2.19. The SMILES string of the molecule is O=C(O)c1cc(Oc2ccc([N+](=O)[O-])cc2)cc(OS(=O)(=O)C(F)(F)F)c1. The second-order valence-electron chi connectivity index (χ2n) is 4.83. The molecule has 27 heavy (non-hydrogen) atoms. The third-order valence-electron chi connectivity index (χ3n) is 2.90. The third kappa shape index (κ3) is 4.84. The Kier molecular flexibility index (Phi) is 5.26. The summed E-state index contributed by atoms with van der Waals surface area (Å²) in [5.41, 5.74) is -6.59. The number of halogens is 3. The van der Waals surface area contributed by atoms with E-state index < -0.39 is 37.8 Å². The summed E-state index contributed by atoms with van der Waals surface area (Å²) in [6.07, 6.45) is 0. The van der Waals surface area contributed by atoms with Gasteiger partial charge in [0.25, 0.3) is 5.69 Å². The van der Waals surface area contributed by atoms with E-state index in [-0.39, 0.29) is 17.2 Å². The fraction of sp³-hybridized carbons (Fsp3) is 0.0714. The molecule has 0 heterocycles. The molecule has 0 saturated carbocycles. The van der Waals surface area contributed by atoms with Crippen LogP contribution in [0.3, 0.4) is 0 Å². The number of hydrogen-bond acceptors (Lipinski definition) is 7. The van der Waals surface area contributed by atoms with E-state index in [4.69, 9.17) is 9.84 Å². The van der Waals surface area contributed by atoms with Gasteiger partial charge in [0, 0.05) is 18.2 Å². The Bertz CT molecular complexity index is 986. The Morgan fingerprint density at radius 2 is 1.59 bits per heavy atom. The van der Waals surface area contributed by atoms with Gasteiger partial charge in [-0.25, -0.2) is 4.79 Å². The molecule has 9 nitrogen and oxygen atoms in total. The number of rotatable bonds is 6. The molecule has 13 heteroatoms. The van der Waals surface area contributed by atoms with E-state index in [0.717, 1.165) is 36.4 Å². The second kappa shape index (κ2) is 7.11. The molecular weight excluding hydrogens is 399 g/mol. The monoisotopic (exact) mass is 407 g/mol. The molecule has 0 spiro atoms. The van der Waals surface area contributed by atoms with Crippen LogP contribution in [0.1, 0.15) is 10.4 Å². The Balaban J connectivity index is 2.37. The number of alkyl halides is 3. The first-order valence-electron chi connectivity index (χ1n) is 6.70. The molecule has 0 atom stereocenters. The molecule has 0 amide bonds. The first kappa shape index (κ1) is 20.0. The molecule has 0 unspecified atom stereocenters. The topological polar surface area (TPSA) is 133 Å². The molecule has 0 fully saturated rings. The highest BCUT2D eigenvalue weighted by Gasteiger charge is 2.48. The van der Waals surface area contributed by atoms with Crippen molar-refractivity contribution in [1.29, 1.82) is 0 Å². The zero-order chi connectivity index (χ0) is 20.4. The smallest absolute Gasteiger partial charge is 0.478 e. The van der Waals surface area contributed by atoms with E-state index in [0.29, 0.717) is 6.07 Å². The Morgan fingerprint density at radius 3 is 2.07 bits per heavy atom. The van der Waals surface area contributed by atoms with Crippen molar-refractivity contribution < 1.29 is 45.3 Å². The molecule has 0 bridgehead atoms. The van der Waals surface area contributed by atoms with Crippen LogP contribution in [0.5, 0.6) is 17.2 Å². The normalized spacial score (nSPS) is 11.7. The number of nitro benzene ring substituents is 1. The summed E-state index contributed by atoms with van der Waals surface area (Å²) in [5, 5.41) is 19.6. The Hall–Kier alpha value is -3.35. The number of aromatic carboxylic acids is 1. The summed E-state index contributed by atoms with van der Waals surface area (Å²) in [7, 11) is -6.02. The van der Waals surface area contributed by atoms with Gasteiger partial charge in [-0.1, -0.05) is 0 Å². The average molecular weight is 407 g/mol. The molecule has 0 aliphatic rings. The highest BCUT2D eigenvalue weighted by Crippen LogP contribution is 2.32. The minimum absolute atomic E-state index is 0.0206. The number of carbonyl (C=O) groups is 1. The van der Waals surface area contributed by atoms with Crippen LogP contribution in [-0.2, 0) is 10.1 Å². The first-order valence-corrected chi connectivity index (χ1v) is 8.11. The molecule has 0 aromatic heterocycles. The van der Waals surface area contributed by atoms with Crippen LogP contribution in [-0.4, -0.2) is 29.9 Å². The van der Waals surface area contributed by atoms with Crippen molar-refractivity contribution in [2.45, 2.75) is 5.51 Å². The number of non-ortho nitro benzene ring substituents is 1. The predicted octanol–water partition coefficient (Wildman–Crippen LogP) is 3.31. The number of benzene rings is 2. The van der Waals surface area contributed by atoms with Gasteiger partial charge in [-0.3, -0.25) is 10.1 Å². The highest BCUT2D eigenvalue weighted by atomic mass is 32.2. The molecule has 2 aromatic carbocycles. The van der Waals surface area contributed by atoms with Gasteiger partial charge in [0.15, 0.2) is 0 Å². The van der Waals surface area contributed by atoms with E-state index in [1.807, 2.05) is 0 Å². The maximum atomic E-state index is 12.4. The van der Waals surface area contributed by atoms with E-state index in [2.05, 4.69) is 4.18 Å². The zero-order valence-electron chi connectivity index (χ0n) is 12.8. The Labute approximate surface area is 148 Å². The van der Waals surface area contributed by atoms with E-state index in [9.17, 15) is 36.5 Å². The first-order chi connectivity index (χ1) is 12.4. The molecule has 2 rings (SSSR count). The molecular formula is C14H8F3NO8S. The number of nitro groups is 1.